The van der Waals surface area contributed by atoms with Crippen molar-refractivity contribution < 1.29 is 5.21 Å². The van der Waals surface area contributed by atoms with Gasteiger partial charge in [0.05, 0.1) is 5.33 Å². The fourth-order valence-corrected chi connectivity index (χ4v) is 0.139. The topological polar surface area (TPSA) is 58.6 Å². The van der Waals surface area contributed by atoms with E-state index in [0.29, 0.717) is 5.33 Å². The van der Waals surface area contributed by atoms with E-state index in [4.69, 9.17) is 10.9 Å². The van der Waals surface area contributed by atoms with Crippen LogP contribution in [-0.2, 0) is 0 Å². The third kappa shape index (κ3) is 2.02. The summed E-state index contributed by atoms with van der Waals surface area (Å²) in [5.41, 5.74) is 4.93. The Morgan fingerprint density at radius 1 is 2.00 bits per heavy atom. The van der Waals surface area contributed by atoms with Crippen LogP contribution in [-0.4, -0.2) is 16.4 Å². The van der Waals surface area contributed by atoms with Gasteiger partial charge in [0.25, 0.3) is 0 Å². The summed E-state index contributed by atoms with van der Waals surface area (Å²) >= 11 is 2.96. The van der Waals surface area contributed by atoms with Gasteiger partial charge in [-0.15, -0.1) is 0 Å². The first-order chi connectivity index (χ1) is 2.81. The van der Waals surface area contributed by atoms with Crippen molar-refractivity contribution in [1.29, 1.82) is 0 Å². The Bertz CT molecular complexity index is 62.6. The monoisotopic (exact) mass is 152 g/mol. The molecule has 0 aliphatic rings. The quantitative estimate of drug-likeness (QED) is 0.185. The molecule has 0 aliphatic heterocycles. The molecule has 3 nitrogen and oxygen atoms in total. The lowest BCUT2D eigenvalue weighted by molar-refractivity contribution is 0.318. The molecule has 0 unspecified atom stereocenters. The highest BCUT2D eigenvalue weighted by molar-refractivity contribution is 9.09. The van der Waals surface area contributed by atoms with E-state index in [9.17, 15) is 0 Å². The predicted molar refractivity (Wildman–Crippen MR) is 27.2 cm³/mol. The molecule has 0 spiro atoms. The van der Waals surface area contributed by atoms with E-state index in [2.05, 4.69) is 21.1 Å². The van der Waals surface area contributed by atoms with Crippen LogP contribution in [0.1, 0.15) is 0 Å². The number of nitrogens with zero attached hydrogens (tertiary/aromatic N) is 1. The smallest absolute Gasteiger partial charge is 0.149 e. The second-order valence-electron chi connectivity index (χ2n) is 0.725. The maximum absolute atomic E-state index is 7.77. The molecule has 3 N–H and O–H groups in total. The van der Waals surface area contributed by atoms with Crippen LogP contribution < -0.4 is 5.73 Å². The molecule has 0 rings (SSSR count). The summed E-state index contributed by atoms with van der Waals surface area (Å²) in [5, 5.41) is 10.8. The molecule has 0 bridgehead atoms. The van der Waals surface area contributed by atoms with Gasteiger partial charge >= 0.3 is 0 Å². The fraction of sp³-hybridized carbons (Fsp3) is 0.500. The van der Waals surface area contributed by atoms with Gasteiger partial charge in [0.2, 0.25) is 0 Å². The Hall–Kier alpha value is -0.250. The van der Waals surface area contributed by atoms with Gasteiger partial charge in [0, 0.05) is 0 Å². The van der Waals surface area contributed by atoms with Crippen molar-refractivity contribution in [2.24, 2.45) is 10.9 Å². The van der Waals surface area contributed by atoms with Gasteiger partial charge in [0.1, 0.15) is 5.84 Å². The summed E-state index contributed by atoms with van der Waals surface area (Å²) in [6, 6.07) is 0. The Morgan fingerprint density at radius 3 is 2.50 bits per heavy atom. The van der Waals surface area contributed by atoms with Crippen molar-refractivity contribution in [2.45, 2.75) is 0 Å². The highest BCUT2D eigenvalue weighted by Gasteiger charge is 1.80. The lowest BCUT2D eigenvalue weighted by Crippen LogP contribution is -2.11. The molecule has 4 heteroatoms. The lowest BCUT2D eigenvalue weighted by atomic mass is 10.7. The molecule has 0 amide bonds. The largest absolute Gasteiger partial charge is 0.409 e. The number of alkyl halides is 1. The van der Waals surface area contributed by atoms with Crippen molar-refractivity contribution in [2.75, 3.05) is 5.33 Å². The number of oxime groups is 1. The standard InChI is InChI=1S/C2H5BrN2O/c3-1-2(4)5-6/h6H,1H2,(H2,4,5). The molecular weight excluding hydrogens is 148 g/mol. The Kier molecular flexibility index (Phi) is 2.84. The van der Waals surface area contributed by atoms with Crippen LogP contribution in [0.2, 0.25) is 0 Å². The van der Waals surface area contributed by atoms with Crippen LogP contribution in [0.4, 0.5) is 0 Å². The van der Waals surface area contributed by atoms with E-state index in [1.807, 2.05) is 0 Å². The first-order valence-electron chi connectivity index (χ1n) is 1.33. The fourth-order valence-electron chi connectivity index (χ4n) is 0.0267. The van der Waals surface area contributed by atoms with Gasteiger partial charge in [-0.3, -0.25) is 0 Å². The molecule has 0 radical (unpaired) electrons. The van der Waals surface area contributed by atoms with E-state index in [0.717, 1.165) is 0 Å². The SMILES string of the molecule is NC(CBr)=NO. The van der Waals surface area contributed by atoms with Crippen molar-refractivity contribution in [3.63, 3.8) is 0 Å². The number of halogens is 1. The van der Waals surface area contributed by atoms with Crippen molar-refractivity contribution >= 4 is 21.8 Å². The molecule has 0 heterocycles. The molecule has 0 aliphatic carbocycles. The van der Waals surface area contributed by atoms with E-state index < -0.39 is 0 Å². The van der Waals surface area contributed by atoms with Gasteiger partial charge in [-0.1, -0.05) is 21.1 Å². The van der Waals surface area contributed by atoms with E-state index in [1.54, 1.807) is 0 Å². The summed E-state index contributed by atoms with van der Waals surface area (Å²) in [4.78, 5) is 0. The maximum atomic E-state index is 7.77. The molecule has 0 aromatic rings. The second kappa shape index (κ2) is 2.96. The molecular formula is C2H5BrN2O. The van der Waals surface area contributed by atoms with E-state index >= 15 is 0 Å². The van der Waals surface area contributed by atoms with E-state index in [1.165, 1.54) is 0 Å². The number of hydrogen-bond acceptors (Lipinski definition) is 2. The number of hydrogen-bond donors (Lipinski definition) is 2. The zero-order valence-electron chi connectivity index (χ0n) is 3.06. The number of nitrogens with two attached hydrogens (primary N) is 1. The second-order valence-corrected chi connectivity index (χ2v) is 1.29. The minimum atomic E-state index is 0.190. The van der Waals surface area contributed by atoms with Gasteiger partial charge in [0.15, 0.2) is 0 Å². The van der Waals surface area contributed by atoms with Crippen LogP contribution in [0, 0.1) is 0 Å². The molecule has 0 atom stereocenters. The Morgan fingerprint density at radius 2 is 2.50 bits per heavy atom. The molecule has 0 aromatic carbocycles. The highest BCUT2D eigenvalue weighted by Crippen LogP contribution is 1.75. The van der Waals surface area contributed by atoms with Crippen molar-refractivity contribution in [3.8, 4) is 0 Å². The number of rotatable bonds is 1. The minimum Gasteiger partial charge on any atom is -0.409 e. The third-order valence-corrected chi connectivity index (χ3v) is 0.840. The van der Waals surface area contributed by atoms with Crippen LogP contribution in [0.3, 0.4) is 0 Å². The van der Waals surface area contributed by atoms with Gasteiger partial charge in [-0.2, -0.15) is 0 Å². The highest BCUT2D eigenvalue weighted by atomic mass is 79.9. The average molecular weight is 153 g/mol. The van der Waals surface area contributed by atoms with Crippen molar-refractivity contribution in [1.82, 2.24) is 0 Å². The summed E-state index contributed by atoms with van der Waals surface area (Å²) in [5.74, 6) is 0.190. The molecule has 0 fully saturated rings. The van der Waals surface area contributed by atoms with Gasteiger partial charge in [-0.25, -0.2) is 0 Å². The van der Waals surface area contributed by atoms with Gasteiger partial charge in [-0.05, 0) is 0 Å². The summed E-state index contributed by atoms with van der Waals surface area (Å²) in [6.45, 7) is 0. The summed E-state index contributed by atoms with van der Waals surface area (Å²) in [7, 11) is 0. The lowest BCUT2D eigenvalue weighted by Gasteiger charge is -1.81. The zero-order valence-corrected chi connectivity index (χ0v) is 4.64. The summed E-state index contributed by atoms with van der Waals surface area (Å²) in [6.07, 6.45) is 0. The molecule has 36 valence electrons. The third-order valence-electron chi connectivity index (χ3n) is 0.265. The van der Waals surface area contributed by atoms with Crippen molar-refractivity contribution in [3.05, 3.63) is 0 Å². The number of amidine groups is 1. The van der Waals surface area contributed by atoms with Crippen LogP contribution >= 0.6 is 15.9 Å². The molecule has 0 aromatic heterocycles. The minimum absolute atomic E-state index is 0.190. The van der Waals surface area contributed by atoms with Crippen LogP contribution in [0.5, 0.6) is 0 Å². The molecule has 0 saturated heterocycles. The maximum Gasteiger partial charge on any atom is 0.149 e. The molecule has 6 heavy (non-hydrogen) atoms. The Labute approximate surface area is 44.0 Å². The van der Waals surface area contributed by atoms with Crippen LogP contribution in [0.15, 0.2) is 5.16 Å². The van der Waals surface area contributed by atoms with Crippen LogP contribution in [0.25, 0.3) is 0 Å². The predicted octanol–water partition coefficient (Wildman–Crippen LogP) is 0.128. The normalized spacial score (nSPS) is 11.8. The average Bonchev–Trinajstić information content (AvgIpc) is 1.65. The first kappa shape index (κ1) is 5.75. The van der Waals surface area contributed by atoms with E-state index in [-0.39, 0.29) is 5.84 Å². The summed E-state index contributed by atoms with van der Waals surface area (Å²) < 4.78 is 0. The molecule has 0 saturated carbocycles. The van der Waals surface area contributed by atoms with Gasteiger partial charge < -0.3 is 10.9 Å². The first-order valence-corrected chi connectivity index (χ1v) is 2.45. The Balaban J connectivity index is 3.22. The zero-order chi connectivity index (χ0) is 4.99.